The Morgan fingerprint density at radius 2 is 1.87 bits per heavy atom. The molecule has 0 atom stereocenters. The van der Waals surface area contributed by atoms with Crippen LogP contribution in [-0.4, -0.2) is 41.6 Å². The zero-order valence-corrected chi connectivity index (χ0v) is 13.8. The van der Waals surface area contributed by atoms with Crippen LogP contribution in [0, 0.1) is 0 Å². The largest absolute Gasteiger partial charge is 0.474 e. The van der Waals surface area contributed by atoms with Gasteiger partial charge in [-0.1, -0.05) is 56.2 Å². The number of hydrogen-bond acceptors (Lipinski definition) is 3. The second-order valence-electron chi connectivity index (χ2n) is 5.12. The highest BCUT2D eigenvalue weighted by molar-refractivity contribution is 6.33. The topological polar surface area (TPSA) is 66.8 Å². The maximum atomic E-state index is 12.0. The van der Waals surface area contributed by atoms with Crippen molar-refractivity contribution >= 4 is 17.6 Å². The Bertz CT molecular complexity index is 525. The van der Waals surface area contributed by atoms with Crippen molar-refractivity contribution in [1.82, 2.24) is 4.90 Å². The molecule has 0 aliphatic carbocycles. The van der Waals surface area contributed by atoms with Crippen molar-refractivity contribution < 1.29 is 19.4 Å². The van der Waals surface area contributed by atoms with Crippen LogP contribution in [0.5, 0.6) is 0 Å². The molecule has 0 radical (unpaired) electrons. The molecule has 5 nitrogen and oxygen atoms in total. The minimum absolute atomic E-state index is 0.214. The Hall–Kier alpha value is -2.14. The first kappa shape index (κ1) is 18.9. The Morgan fingerprint density at radius 3 is 2.43 bits per heavy atom. The smallest absolute Gasteiger partial charge is 0.394 e. The van der Waals surface area contributed by atoms with Gasteiger partial charge in [0.2, 0.25) is 0 Å². The predicted molar refractivity (Wildman–Crippen MR) is 89.8 cm³/mol. The fourth-order valence-electron chi connectivity index (χ4n) is 2.25. The molecule has 1 aromatic carbocycles. The van der Waals surface area contributed by atoms with Gasteiger partial charge in [0.25, 0.3) is 0 Å². The van der Waals surface area contributed by atoms with Crippen molar-refractivity contribution in [2.75, 3.05) is 19.8 Å². The Labute approximate surface area is 137 Å². The summed E-state index contributed by atoms with van der Waals surface area (Å²) >= 11 is 0. The van der Waals surface area contributed by atoms with Crippen LogP contribution in [0.4, 0.5) is 0 Å². The first-order valence-electron chi connectivity index (χ1n) is 7.96. The van der Waals surface area contributed by atoms with E-state index in [1.54, 1.807) is 13.0 Å². The van der Waals surface area contributed by atoms with Gasteiger partial charge in [-0.05, 0) is 18.9 Å². The van der Waals surface area contributed by atoms with Crippen LogP contribution in [0.2, 0.25) is 0 Å². The van der Waals surface area contributed by atoms with Crippen LogP contribution in [0.1, 0.15) is 38.7 Å². The minimum Gasteiger partial charge on any atom is -0.474 e. The van der Waals surface area contributed by atoms with Gasteiger partial charge in [0, 0.05) is 18.8 Å². The van der Waals surface area contributed by atoms with E-state index in [9.17, 15) is 9.59 Å². The fourth-order valence-corrected chi connectivity index (χ4v) is 2.25. The summed E-state index contributed by atoms with van der Waals surface area (Å²) in [6, 6.07) is 9.27. The summed E-state index contributed by atoms with van der Waals surface area (Å²) in [5.41, 5.74) is 1.38. The Morgan fingerprint density at radius 1 is 1.17 bits per heavy atom. The molecule has 0 unspecified atom stereocenters. The van der Waals surface area contributed by atoms with Crippen molar-refractivity contribution in [3.05, 3.63) is 42.0 Å². The molecule has 0 bridgehead atoms. The van der Waals surface area contributed by atoms with Crippen LogP contribution in [-0.2, 0) is 14.3 Å². The number of aliphatic carboxylic acids is 1. The molecule has 0 saturated heterocycles. The molecule has 5 heteroatoms. The fraction of sp³-hybridized carbons (Fsp3) is 0.444. The number of allylic oxidation sites excluding steroid dienone is 1. The van der Waals surface area contributed by atoms with E-state index in [2.05, 4.69) is 6.92 Å². The molecule has 1 N–H and O–H groups in total. The number of hydrogen-bond donors (Lipinski definition) is 1. The maximum Gasteiger partial charge on any atom is 0.394 e. The standard InChI is InChI=1S/C18H25NO4/c1-3-5-9-13-23-14-12-19(17(20)18(21)22)16(4-2)15-10-7-6-8-11-15/h4,6-8,10-11H,3,5,9,12-14H2,1-2H3,(H,21,22). The molecular formula is C18H25NO4. The number of carbonyl (C=O) groups excluding carboxylic acids is 1. The van der Waals surface area contributed by atoms with E-state index in [0.29, 0.717) is 18.9 Å². The summed E-state index contributed by atoms with van der Waals surface area (Å²) in [6.45, 7) is 5.05. The maximum absolute atomic E-state index is 12.0. The second-order valence-corrected chi connectivity index (χ2v) is 5.12. The number of carbonyl (C=O) groups is 2. The number of nitrogens with zero attached hydrogens (tertiary/aromatic N) is 1. The summed E-state index contributed by atoms with van der Waals surface area (Å²) in [4.78, 5) is 24.4. The van der Waals surface area contributed by atoms with Gasteiger partial charge in [-0.25, -0.2) is 4.79 Å². The number of carboxylic acids is 1. The lowest BCUT2D eigenvalue weighted by Crippen LogP contribution is -2.37. The molecule has 0 fully saturated rings. The molecule has 0 aromatic heterocycles. The third-order valence-electron chi connectivity index (χ3n) is 3.41. The minimum atomic E-state index is -1.47. The van der Waals surface area contributed by atoms with Crippen molar-refractivity contribution in [2.24, 2.45) is 0 Å². The first-order valence-corrected chi connectivity index (χ1v) is 7.96. The monoisotopic (exact) mass is 319 g/mol. The highest BCUT2D eigenvalue weighted by Crippen LogP contribution is 2.19. The summed E-state index contributed by atoms with van der Waals surface area (Å²) in [6.07, 6.45) is 4.93. The third kappa shape index (κ3) is 6.24. The molecule has 0 saturated carbocycles. The average Bonchev–Trinajstić information content (AvgIpc) is 2.57. The van der Waals surface area contributed by atoms with Crippen LogP contribution >= 0.6 is 0 Å². The highest BCUT2D eigenvalue weighted by atomic mass is 16.5. The zero-order valence-electron chi connectivity index (χ0n) is 13.8. The summed E-state index contributed by atoms with van der Waals surface area (Å²) in [5.74, 6) is -2.41. The van der Waals surface area contributed by atoms with Gasteiger partial charge in [0.15, 0.2) is 0 Å². The van der Waals surface area contributed by atoms with E-state index in [1.165, 1.54) is 4.90 Å². The molecule has 1 rings (SSSR count). The lowest BCUT2D eigenvalue weighted by atomic mass is 10.1. The van der Waals surface area contributed by atoms with Crippen LogP contribution in [0.15, 0.2) is 36.4 Å². The highest BCUT2D eigenvalue weighted by Gasteiger charge is 2.24. The van der Waals surface area contributed by atoms with Gasteiger partial charge in [0.1, 0.15) is 0 Å². The van der Waals surface area contributed by atoms with Gasteiger partial charge in [0.05, 0.1) is 6.61 Å². The van der Waals surface area contributed by atoms with Crippen LogP contribution in [0.3, 0.4) is 0 Å². The molecule has 1 amide bonds. The van der Waals surface area contributed by atoms with E-state index in [1.807, 2.05) is 30.3 Å². The third-order valence-corrected chi connectivity index (χ3v) is 3.41. The van der Waals surface area contributed by atoms with Gasteiger partial charge >= 0.3 is 11.9 Å². The number of benzene rings is 1. The number of amides is 1. The lowest BCUT2D eigenvalue weighted by Gasteiger charge is -2.24. The van der Waals surface area contributed by atoms with Gasteiger partial charge in [-0.15, -0.1) is 0 Å². The summed E-state index contributed by atoms with van der Waals surface area (Å²) < 4.78 is 5.51. The SMILES string of the molecule is CC=C(c1ccccc1)N(CCOCCCCC)C(=O)C(=O)O. The van der Waals surface area contributed by atoms with Crippen molar-refractivity contribution in [1.29, 1.82) is 0 Å². The van der Waals surface area contributed by atoms with Gasteiger partial charge < -0.3 is 14.7 Å². The second kappa shape index (κ2) is 10.6. The van der Waals surface area contributed by atoms with Crippen molar-refractivity contribution in [2.45, 2.75) is 33.1 Å². The Kier molecular flexibility index (Phi) is 8.68. The molecule has 126 valence electrons. The first-order chi connectivity index (χ1) is 11.1. The quantitative estimate of drug-likeness (QED) is 0.561. The molecule has 0 aliphatic rings. The van der Waals surface area contributed by atoms with E-state index in [4.69, 9.17) is 9.84 Å². The summed E-state index contributed by atoms with van der Waals surface area (Å²) in [5, 5.41) is 9.06. The van der Waals surface area contributed by atoms with E-state index in [-0.39, 0.29) is 6.54 Å². The van der Waals surface area contributed by atoms with Gasteiger partial charge in [-0.2, -0.15) is 0 Å². The van der Waals surface area contributed by atoms with Crippen molar-refractivity contribution in [3.8, 4) is 0 Å². The molecule has 0 spiro atoms. The molecular weight excluding hydrogens is 294 g/mol. The predicted octanol–water partition coefficient (Wildman–Crippen LogP) is 3.17. The van der Waals surface area contributed by atoms with E-state index in [0.717, 1.165) is 24.8 Å². The molecule has 0 aliphatic heterocycles. The van der Waals surface area contributed by atoms with Crippen molar-refractivity contribution in [3.63, 3.8) is 0 Å². The van der Waals surface area contributed by atoms with Gasteiger partial charge in [-0.3, -0.25) is 4.79 Å². The van der Waals surface area contributed by atoms with Crippen LogP contribution < -0.4 is 0 Å². The molecule has 1 aromatic rings. The normalized spacial score (nSPS) is 11.3. The number of carboxylic acid groups (broad SMARTS) is 1. The zero-order chi connectivity index (χ0) is 17.1. The number of rotatable bonds is 9. The van der Waals surface area contributed by atoms with E-state index >= 15 is 0 Å². The van der Waals surface area contributed by atoms with Crippen LogP contribution in [0.25, 0.3) is 5.70 Å². The summed E-state index contributed by atoms with van der Waals surface area (Å²) in [7, 11) is 0. The molecule has 0 heterocycles. The number of ether oxygens (including phenoxy) is 1. The van der Waals surface area contributed by atoms with E-state index < -0.39 is 11.9 Å². The Balaban J connectivity index is 2.76. The number of unbranched alkanes of at least 4 members (excludes halogenated alkanes) is 2. The molecule has 23 heavy (non-hydrogen) atoms. The lowest BCUT2D eigenvalue weighted by molar-refractivity contribution is -0.154. The average molecular weight is 319 g/mol.